The van der Waals surface area contributed by atoms with E-state index in [0.717, 1.165) is 24.5 Å². The van der Waals surface area contributed by atoms with Crippen LogP contribution in [0, 0.1) is 0 Å². The molecule has 0 aromatic carbocycles. The van der Waals surface area contributed by atoms with Crippen molar-refractivity contribution in [3.63, 3.8) is 0 Å². The summed E-state index contributed by atoms with van der Waals surface area (Å²) < 4.78 is 31.9. The summed E-state index contributed by atoms with van der Waals surface area (Å²) in [5, 5.41) is 2.81. The van der Waals surface area contributed by atoms with Gasteiger partial charge in [-0.1, -0.05) is 6.07 Å². The lowest BCUT2D eigenvalue weighted by Crippen LogP contribution is -2.40. The van der Waals surface area contributed by atoms with Gasteiger partial charge in [-0.3, -0.25) is 4.79 Å². The van der Waals surface area contributed by atoms with Crippen LogP contribution in [-0.2, 0) is 21.3 Å². The van der Waals surface area contributed by atoms with Crippen LogP contribution < -0.4 is 10.2 Å². The molecule has 0 saturated carbocycles. The third-order valence-electron chi connectivity index (χ3n) is 5.45. The summed E-state index contributed by atoms with van der Waals surface area (Å²) in [7, 11) is -3.63. The number of nitrogens with one attached hydrogen (secondary N) is 2. The molecule has 2 aromatic rings. The standard InChI is InChI=1S/C20H27N5O4S/c26-20(18-12-17(15-21-18)30(27,28)25-8-10-29-11-9-25)23-14-16-4-5-19(22-13-16)24-6-2-1-3-7-24/h4-5,12-13,15,21H,1-3,6-11,14H2,(H,23,26). The van der Waals surface area contributed by atoms with Gasteiger partial charge in [-0.25, -0.2) is 13.4 Å². The zero-order chi connectivity index (χ0) is 21.0. The van der Waals surface area contributed by atoms with E-state index in [1.54, 1.807) is 6.20 Å². The van der Waals surface area contributed by atoms with Crippen molar-refractivity contribution in [3.05, 3.63) is 41.9 Å². The Balaban J connectivity index is 1.34. The van der Waals surface area contributed by atoms with E-state index in [1.165, 1.54) is 35.8 Å². The number of aromatic amines is 1. The monoisotopic (exact) mass is 433 g/mol. The summed E-state index contributed by atoms with van der Waals surface area (Å²) in [5.74, 6) is 0.602. The molecule has 0 radical (unpaired) electrons. The highest BCUT2D eigenvalue weighted by molar-refractivity contribution is 7.89. The topological polar surface area (TPSA) is 108 Å². The van der Waals surface area contributed by atoms with Crippen molar-refractivity contribution in [1.29, 1.82) is 0 Å². The lowest BCUT2D eigenvalue weighted by molar-refractivity contribution is 0.0730. The number of anilines is 1. The Hall–Kier alpha value is -2.43. The molecule has 30 heavy (non-hydrogen) atoms. The number of piperidine rings is 1. The molecule has 2 aliphatic heterocycles. The molecule has 2 aromatic heterocycles. The number of morpholine rings is 1. The molecule has 2 saturated heterocycles. The number of H-pyrrole nitrogens is 1. The minimum absolute atomic E-state index is 0.0853. The molecule has 4 rings (SSSR count). The van der Waals surface area contributed by atoms with Crippen molar-refractivity contribution in [1.82, 2.24) is 19.6 Å². The van der Waals surface area contributed by atoms with Gasteiger partial charge in [0.1, 0.15) is 16.4 Å². The highest BCUT2D eigenvalue weighted by Crippen LogP contribution is 2.19. The first-order chi connectivity index (χ1) is 14.5. The smallest absolute Gasteiger partial charge is 0.268 e. The SMILES string of the molecule is O=C(NCc1ccc(N2CCCCC2)nc1)c1cc(S(=O)(=O)N2CCOCC2)c[nH]1. The quantitative estimate of drug-likeness (QED) is 0.712. The zero-order valence-electron chi connectivity index (χ0n) is 16.8. The Kier molecular flexibility index (Phi) is 6.35. The van der Waals surface area contributed by atoms with Crippen LogP contribution in [0.15, 0.2) is 35.5 Å². The number of amides is 1. The normalized spacial score (nSPS) is 18.3. The Morgan fingerprint density at radius 2 is 1.90 bits per heavy atom. The van der Waals surface area contributed by atoms with Crippen LogP contribution >= 0.6 is 0 Å². The Morgan fingerprint density at radius 1 is 1.13 bits per heavy atom. The minimum Gasteiger partial charge on any atom is -0.379 e. The first-order valence-electron chi connectivity index (χ1n) is 10.3. The van der Waals surface area contributed by atoms with Gasteiger partial charge in [0, 0.05) is 45.1 Å². The largest absolute Gasteiger partial charge is 0.379 e. The first kappa shape index (κ1) is 20.8. The van der Waals surface area contributed by atoms with Crippen LogP contribution in [0.1, 0.15) is 35.3 Å². The van der Waals surface area contributed by atoms with E-state index in [0.29, 0.717) is 32.8 Å². The van der Waals surface area contributed by atoms with Gasteiger partial charge in [0.25, 0.3) is 5.91 Å². The highest BCUT2D eigenvalue weighted by atomic mass is 32.2. The molecule has 2 fully saturated rings. The van der Waals surface area contributed by atoms with Crippen molar-refractivity contribution in [2.24, 2.45) is 0 Å². The molecule has 0 bridgehead atoms. The molecule has 4 heterocycles. The van der Waals surface area contributed by atoms with Gasteiger partial charge >= 0.3 is 0 Å². The van der Waals surface area contributed by atoms with Crippen molar-refractivity contribution < 1.29 is 17.9 Å². The van der Waals surface area contributed by atoms with E-state index in [1.807, 2.05) is 12.1 Å². The maximum Gasteiger partial charge on any atom is 0.268 e. The second kappa shape index (κ2) is 9.15. The zero-order valence-corrected chi connectivity index (χ0v) is 17.7. The molecule has 2 N–H and O–H groups in total. The van der Waals surface area contributed by atoms with E-state index in [-0.39, 0.29) is 16.5 Å². The van der Waals surface area contributed by atoms with Crippen LogP contribution in [-0.4, -0.2) is 68.0 Å². The number of nitrogens with zero attached hydrogens (tertiary/aromatic N) is 3. The minimum atomic E-state index is -3.63. The molecule has 0 atom stereocenters. The van der Waals surface area contributed by atoms with Crippen LogP contribution in [0.2, 0.25) is 0 Å². The van der Waals surface area contributed by atoms with Gasteiger partial charge in [-0.05, 0) is 37.0 Å². The van der Waals surface area contributed by atoms with Gasteiger partial charge in [-0.15, -0.1) is 0 Å². The maximum absolute atomic E-state index is 12.7. The van der Waals surface area contributed by atoms with Crippen LogP contribution in [0.4, 0.5) is 5.82 Å². The molecule has 0 unspecified atom stereocenters. The van der Waals surface area contributed by atoms with E-state index in [4.69, 9.17) is 4.74 Å². The fourth-order valence-electron chi connectivity index (χ4n) is 3.70. The van der Waals surface area contributed by atoms with Gasteiger partial charge < -0.3 is 19.9 Å². The van der Waals surface area contributed by atoms with E-state index in [2.05, 4.69) is 20.2 Å². The third-order valence-corrected chi connectivity index (χ3v) is 7.33. The van der Waals surface area contributed by atoms with E-state index in [9.17, 15) is 13.2 Å². The Labute approximate surface area is 176 Å². The maximum atomic E-state index is 12.7. The van der Waals surface area contributed by atoms with Crippen LogP contribution in [0.25, 0.3) is 0 Å². The van der Waals surface area contributed by atoms with Crippen molar-refractivity contribution in [2.45, 2.75) is 30.7 Å². The van der Waals surface area contributed by atoms with Gasteiger partial charge in [0.15, 0.2) is 0 Å². The summed E-state index contributed by atoms with van der Waals surface area (Å²) in [5.41, 5.74) is 1.09. The molecule has 1 amide bonds. The fourth-order valence-corrected chi connectivity index (χ4v) is 5.10. The summed E-state index contributed by atoms with van der Waals surface area (Å²) in [6.07, 6.45) is 6.79. The second-order valence-corrected chi connectivity index (χ2v) is 9.46. The number of carbonyl (C=O) groups excluding carboxylic acids is 1. The first-order valence-corrected chi connectivity index (χ1v) is 11.7. The predicted octanol–water partition coefficient (Wildman–Crippen LogP) is 1.35. The Bertz CT molecular complexity index is 961. The van der Waals surface area contributed by atoms with Crippen LogP contribution in [0.5, 0.6) is 0 Å². The summed E-state index contributed by atoms with van der Waals surface area (Å²) in [4.78, 5) is 22.1. The lowest BCUT2D eigenvalue weighted by atomic mass is 10.1. The molecular formula is C20H27N5O4S. The number of hydrogen-bond donors (Lipinski definition) is 2. The van der Waals surface area contributed by atoms with Crippen LogP contribution in [0.3, 0.4) is 0 Å². The summed E-state index contributed by atoms with van der Waals surface area (Å²) >= 11 is 0. The third kappa shape index (κ3) is 4.66. The molecule has 9 nitrogen and oxygen atoms in total. The van der Waals surface area contributed by atoms with Gasteiger partial charge in [-0.2, -0.15) is 4.31 Å². The Morgan fingerprint density at radius 3 is 2.60 bits per heavy atom. The van der Waals surface area contributed by atoms with Gasteiger partial charge in [0.05, 0.1) is 13.2 Å². The number of rotatable bonds is 6. The van der Waals surface area contributed by atoms with Crippen molar-refractivity contribution in [3.8, 4) is 0 Å². The number of pyridine rings is 1. The van der Waals surface area contributed by atoms with E-state index < -0.39 is 10.0 Å². The van der Waals surface area contributed by atoms with E-state index >= 15 is 0 Å². The second-order valence-electron chi connectivity index (χ2n) is 7.52. The number of sulfonamides is 1. The van der Waals surface area contributed by atoms with Crippen molar-refractivity contribution >= 4 is 21.7 Å². The molecule has 0 spiro atoms. The predicted molar refractivity (Wildman–Crippen MR) is 112 cm³/mol. The number of aromatic nitrogens is 2. The fraction of sp³-hybridized carbons (Fsp3) is 0.500. The summed E-state index contributed by atoms with van der Waals surface area (Å²) in [6.45, 7) is 3.77. The molecular weight excluding hydrogens is 406 g/mol. The summed E-state index contributed by atoms with van der Waals surface area (Å²) in [6, 6.07) is 5.31. The number of ether oxygens (including phenoxy) is 1. The average molecular weight is 434 g/mol. The number of hydrogen-bond acceptors (Lipinski definition) is 6. The highest BCUT2D eigenvalue weighted by Gasteiger charge is 2.28. The number of carbonyl (C=O) groups is 1. The molecule has 0 aliphatic carbocycles. The molecule has 2 aliphatic rings. The lowest BCUT2D eigenvalue weighted by Gasteiger charge is -2.27. The average Bonchev–Trinajstić information content (AvgIpc) is 3.30. The van der Waals surface area contributed by atoms with Crippen molar-refractivity contribution in [2.75, 3.05) is 44.3 Å². The molecule has 10 heteroatoms. The molecule has 162 valence electrons. The van der Waals surface area contributed by atoms with Gasteiger partial charge in [0.2, 0.25) is 10.0 Å².